The quantitative estimate of drug-likeness (QED) is 0.885. The Bertz CT molecular complexity index is 366. The summed E-state index contributed by atoms with van der Waals surface area (Å²) in [7, 11) is 0. The van der Waals surface area contributed by atoms with Gasteiger partial charge in [0.15, 0.2) is 0 Å². The summed E-state index contributed by atoms with van der Waals surface area (Å²) >= 11 is 6.08. The van der Waals surface area contributed by atoms with Crippen LogP contribution in [0.15, 0.2) is 18.5 Å². The predicted octanol–water partition coefficient (Wildman–Crippen LogP) is 3.79. The fourth-order valence-corrected chi connectivity index (χ4v) is 2.59. The maximum absolute atomic E-state index is 6.08. The van der Waals surface area contributed by atoms with Crippen LogP contribution in [-0.4, -0.2) is 11.0 Å². The van der Waals surface area contributed by atoms with E-state index in [-0.39, 0.29) is 0 Å². The van der Waals surface area contributed by atoms with Crippen molar-refractivity contribution in [3.8, 4) is 0 Å². The largest absolute Gasteiger partial charge is 0.310 e. The fourth-order valence-electron chi connectivity index (χ4n) is 2.41. The highest BCUT2D eigenvalue weighted by Crippen LogP contribution is 2.35. The Morgan fingerprint density at radius 3 is 2.76 bits per heavy atom. The van der Waals surface area contributed by atoms with Gasteiger partial charge >= 0.3 is 0 Å². The van der Waals surface area contributed by atoms with Gasteiger partial charge in [-0.3, -0.25) is 4.98 Å². The standard InChI is InChI=1S/C14H21ClN2/c1-14(2)6-3-12(4-7-14)17-9-11-5-8-16-10-13(11)15/h5,8,10,12,17H,3-4,6-7,9H2,1-2H3. The molecule has 1 saturated carbocycles. The van der Waals surface area contributed by atoms with Crippen molar-refractivity contribution in [2.75, 3.05) is 0 Å². The lowest BCUT2D eigenvalue weighted by molar-refractivity contribution is 0.206. The maximum atomic E-state index is 6.08. The normalized spacial score (nSPS) is 20.4. The van der Waals surface area contributed by atoms with Gasteiger partial charge in [0.1, 0.15) is 0 Å². The Morgan fingerprint density at radius 1 is 1.41 bits per heavy atom. The summed E-state index contributed by atoms with van der Waals surface area (Å²) in [5, 5.41) is 4.36. The number of pyridine rings is 1. The molecule has 0 unspecified atom stereocenters. The molecular weight excluding hydrogens is 232 g/mol. The van der Waals surface area contributed by atoms with Crippen molar-refractivity contribution in [1.82, 2.24) is 10.3 Å². The summed E-state index contributed by atoms with van der Waals surface area (Å²) in [6.45, 7) is 5.58. The first-order valence-corrected chi connectivity index (χ1v) is 6.76. The minimum absolute atomic E-state index is 0.534. The van der Waals surface area contributed by atoms with E-state index in [1.165, 1.54) is 25.7 Å². The van der Waals surface area contributed by atoms with E-state index in [1.807, 2.05) is 6.07 Å². The molecule has 0 amide bonds. The molecular formula is C14H21ClN2. The third kappa shape index (κ3) is 3.68. The Balaban J connectivity index is 1.82. The average molecular weight is 253 g/mol. The first-order valence-electron chi connectivity index (χ1n) is 6.39. The number of nitrogens with one attached hydrogen (secondary N) is 1. The minimum atomic E-state index is 0.534. The second kappa shape index (κ2) is 5.36. The van der Waals surface area contributed by atoms with Crippen molar-refractivity contribution < 1.29 is 0 Å². The summed E-state index contributed by atoms with van der Waals surface area (Å²) in [5.74, 6) is 0. The highest BCUT2D eigenvalue weighted by Gasteiger charge is 2.26. The molecule has 3 heteroatoms. The Labute approximate surface area is 109 Å². The molecule has 0 atom stereocenters. The topological polar surface area (TPSA) is 24.9 Å². The summed E-state index contributed by atoms with van der Waals surface area (Å²) in [6, 6.07) is 2.63. The summed E-state index contributed by atoms with van der Waals surface area (Å²) in [5.41, 5.74) is 1.68. The molecule has 0 spiro atoms. The van der Waals surface area contributed by atoms with E-state index >= 15 is 0 Å². The number of rotatable bonds is 3. The number of aromatic nitrogens is 1. The van der Waals surface area contributed by atoms with E-state index in [0.29, 0.717) is 11.5 Å². The van der Waals surface area contributed by atoms with Crippen molar-refractivity contribution in [1.29, 1.82) is 0 Å². The highest BCUT2D eigenvalue weighted by molar-refractivity contribution is 6.31. The van der Waals surface area contributed by atoms with E-state index in [0.717, 1.165) is 17.1 Å². The molecule has 0 aromatic carbocycles. The minimum Gasteiger partial charge on any atom is -0.310 e. The van der Waals surface area contributed by atoms with Gasteiger partial charge in [-0.25, -0.2) is 0 Å². The van der Waals surface area contributed by atoms with Gasteiger partial charge in [0.2, 0.25) is 0 Å². The molecule has 17 heavy (non-hydrogen) atoms. The van der Waals surface area contributed by atoms with Crippen molar-refractivity contribution in [3.05, 3.63) is 29.0 Å². The van der Waals surface area contributed by atoms with Crippen LogP contribution in [0.2, 0.25) is 5.02 Å². The third-order valence-electron chi connectivity index (χ3n) is 3.78. The zero-order valence-electron chi connectivity index (χ0n) is 10.7. The van der Waals surface area contributed by atoms with Gasteiger partial charge in [0.25, 0.3) is 0 Å². The molecule has 1 aliphatic rings. The maximum Gasteiger partial charge on any atom is 0.0634 e. The van der Waals surface area contributed by atoms with Crippen molar-refractivity contribution in [2.45, 2.75) is 52.1 Å². The van der Waals surface area contributed by atoms with Gasteiger partial charge in [-0.1, -0.05) is 25.4 Å². The second-order valence-corrected chi connectivity index (χ2v) is 6.19. The molecule has 0 saturated heterocycles. The molecule has 0 radical (unpaired) electrons. The Kier molecular flexibility index (Phi) is 4.05. The lowest BCUT2D eigenvalue weighted by atomic mass is 9.75. The monoisotopic (exact) mass is 252 g/mol. The first-order chi connectivity index (χ1) is 8.07. The van der Waals surface area contributed by atoms with Gasteiger partial charge < -0.3 is 5.32 Å². The van der Waals surface area contributed by atoms with Crippen LogP contribution in [0.1, 0.15) is 45.1 Å². The molecule has 2 nitrogen and oxygen atoms in total. The lowest BCUT2D eigenvalue weighted by Crippen LogP contribution is -2.35. The zero-order valence-corrected chi connectivity index (χ0v) is 11.4. The summed E-state index contributed by atoms with van der Waals surface area (Å²) in [6.07, 6.45) is 8.68. The molecule has 1 aromatic heterocycles. The molecule has 2 rings (SSSR count). The molecule has 94 valence electrons. The summed E-state index contributed by atoms with van der Waals surface area (Å²) in [4.78, 5) is 4.00. The van der Waals surface area contributed by atoms with E-state index in [2.05, 4.69) is 24.1 Å². The average Bonchev–Trinajstić information content (AvgIpc) is 2.30. The zero-order chi connectivity index (χ0) is 12.3. The fraction of sp³-hybridized carbons (Fsp3) is 0.643. The molecule has 1 N–H and O–H groups in total. The van der Waals surface area contributed by atoms with Gasteiger partial charge in [0.05, 0.1) is 5.02 Å². The number of hydrogen-bond donors (Lipinski definition) is 1. The van der Waals surface area contributed by atoms with E-state index in [1.54, 1.807) is 12.4 Å². The van der Waals surface area contributed by atoms with Crippen LogP contribution < -0.4 is 5.32 Å². The smallest absolute Gasteiger partial charge is 0.0634 e. The Hall–Kier alpha value is -0.600. The molecule has 1 heterocycles. The van der Waals surface area contributed by atoms with E-state index in [4.69, 9.17) is 11.6 Å². The SMILES string of the molecule is CC1(C)CCC(NCc2ccncc2Cl)CC1. The van der Waals surface area contributed by atoms with Crippen LogP contribution in [0.25, 0.3) is 0 Å². The van der Waals surface area contributed by atoms with Crippen molar-refractivity contribution in [3.63, 3.8) is 0 Å². The van der Waals surface area contributed by atoms with Crippen LogP contribution in [0.3, 0.4) is 0 Å². The van der Waals surface area contributed by atoms with Crippen LogP contribution in [0, 0.1) is 5.41 Å². The molecule has 1 fully saturated rings. The van der Waals surface area contributed by atoms with Gasteiger partial charge in [-0.2, -0.15) is 0 Å². The number of halogens is 1. The third-order valence-corrected chi connectivity index (χ3v) is 4.12. The van der Waals surface area contributed by atoms with Crippen LogP contribution >= 0.6 is 11.6 Å². The van der Waals surface area contributed by atoms with E-state index < -0.39 is 0 Å². The van der Waals surface area contributed by atoms with Crippen LogP contribution in [0.4, 0.5) is 0 Å². The molecule has 0 bridgehead atoms. The van der Waals surface area contributed by atoms with Crippen molar-refractivity contribution >= 4 is 11.6 Å². The van der Waals surface area contributed by atoms with Crippen molar-refractivity contribution in [2.24, 2.45) is 5.41 Å². The lowest BCUT2D eigenvalue weighted by Gasteiger charge is -2.34. The molecule has 1 aliphatic carbocycles. The second-order valence-electron chi connectivity index (χ2n) is 5.79. The predicted molar refractivity (Wildman–Crippen MR) is 72.1 cm³/mol. The molecule has 1 aromatic rings. The van der Waals surface area contributed by atoms with Crippen LogP contribution in [-0.2, 0) is 6.54 Å². The van der Waals surface area contributed by atoms with E-state index in [9.17, 15) is 0 Å². The van der Waals surface area contributed by atoms with Gasteiger partial charge in [0, 0.05) is 25.0 Å². The highest BCUT2D eigenvalue weighted by atomic mass is 35.5. The number of nitrogens with zero attached hydrogens (tertiary/aromatic N) is 1. The summed E-state index contributed by atoms with van der Waals surface area (Å²) < 4.78 is 0. The molecule has 0 aliphatic heterocycles. The van der Waals surface area contributed by atoms with Gasteiger partial charge in [-0.15, -0.1) is 0 Å². The number of hydrogen-bond acceptors (Lipinski definition) is 2. The van der Waals surface area contributed by atoms with Gasteiger partial charge in [-0.05, 0) is 42.7 Å². The van der Waals surface area contributed by atoms with Crippen LogP contribution in [0.5, 0.6) is 0 Å². The first kappa shape index (κ1) is 12.8. The Morgan fingerprint density at radius 2 is 2.12 bits per heavy atom.